The van der Waals surface area contributed by atoms with Crippen molar-refractivity contribution in [1.82, 2.24) is 4.90 Å². The van der Waals surface area contributed by atoms with Crippen LogP contribution in [0, 0.1) is 5.92 Å². The molecule has 0 spiro atoms. The van der Waals surface area contributed by atoms with Gasteiger partial charge in [0.15, 0.2) is 0 Å². The predicted molar refractivity (Wildman–Crippen MR) is 60.0 cm³/mol. The molecule has 74 valence electrons. The van der Waals surface area contributed by atoms with E-state index in [1.807, 2.05) is 0 Å². The summed E-state index contributed by atoms with van der Waals surface area (Å²) in [7, 11) is 2.20. The average molecular weight is 236 g/mol. The summed E-state index contributed by atoms with van der Waals surface area (Å²) >= 11 is 3.57. The maximum absolute atomic E-state index is 3.57. The number of alkyl halides is 1. The molecule has 0 saturated carbocycles. The zero-order valence-electron chi connectivity index (χ0n) is 8.81. The second kappa shape index (κ2) is 6.90. The summed E-state index contributed by atoms with van der Waals surface area (Å²) < 4.78 is 0. The molecule has 0 bridgehead atoms. The minimum atomic E-state index is 0.608. The minimum absolute atomic E-state index is 0.608. The lowest BCUT2D eigenvalue weighted by molar-refractivity contribution is 0.271. The first-order chi connectivity index (χ1) is 5.60. The predicted octanol–water partition coefficient (Wildman–Crippen LogP) is 3.14. The molecule has 0 fully saturated rings. The highest BCUT2D eigenvalue weighted by atomic mass is 79.9. The van der Waals surface area contributed by atoms with Crippen molar-refractivity contribution in [1.29, 1.82) is 0 Å². The van der Waals surface area contributed by atoms with Gasteiger partial charge in [0.25, 0.3) is 0 Å². The van der Waals surface area contributed by atoms with Gasteiger partial charge < -0.3 is 4.90 Å². The first-order valence-corrected chi connectivity index (χ1v) is 5.84. The highest BCUT2D eigenvalue weighted by molar-refractivity contribution is 9.09. The molecule has 1 nitrogen and oxygen atoms in total. The molecule has 0 aliphatic heterocycles. The first-order valence-electron chi connectivity index (χ1n) is 4.92. The maximum atomic E-state index is 3.57. The summed E-state index contributed by atoms with van der Waals surface area (Å²) in [5.74, 6) is 0.876. The van der Waals surface area contributed by atoms with Crippen molar-refractivity contribution >= 4 is 15.9 Å². The molecule has 0 rings (SSSR count). The Hall–Kier alpha value is 0.440. The van der Waals surface area contributed by atoms with E-state index in [1.54, 1.807) is 0 Å². The molecule has 0 amide bonds. The van der Waals surface area contributed by atoms with Crippen LogP contribution in [-0.4, -0.2) is 29.9 Å². The van der Waals surface area contributed by atoms with Gasteiger partial charge in [-0.2, -0.15) is 0 Å². The topological polar surface area (TPSA) is 3.24 Å². The average Bonchev–Trinajstić information content (AvgIpc) is 1.98. The van der Waals surface area contributed by atoms with Crippen molar-refractivity contribution < 1.29 is 0 Å². The molecule has 0 aliphatic carbocycles. The van der Waals surface area contributed by atoms with E-state index in [-0.39, 0.29) is 0 Å². The van der Waals surface area contributed by atoms with Crippen LogP contribution in [0.5, 0.6) is 0 Å². The number of nitrogens with zero attached hydrogens (tertiary/aromatic N) is 1. The smallest absolute Gasteiger partial charge is 0.0244 e. The molecule has 0 aromatic rings. The van der Waals surface area contributed by atoms with Crippen LogP contribution < -0.4 is 0 Å². The van der Waals surface area contributed by atoms with Gasteiger partial charge in [-0.25, -0.2) is 0 Å². The number of hydrogen-bond donors (Lipinski definition) is 0. The normalized spacial score (nSPS) is 14.2. The Labute approximate surface area is 85.7 Å². The maximum Gasteiger partial charge on any atom is 0.0244 e. The van der Waals surface area contributed by atoms with E-state index in [4.69, 9.17) is 0 Å². The monoisotopic (exact) mass is 235 g/mol. The van der Waals surface area contributed by atoms with E-state index in [9.17, 15) is 0 Å². The summed E-state index contributed by atoms with van der Waals surface area (Å²) in [6.45, 7) is 9.14. The first kappa shape index (κ1) is 12.4. The molecule has 1 unspecified atom stereocenters. The van der Waals surface area contributed by atoms with Crippen LogP contribution in [0.4, 0.5) is 0 Å². The molecule has 0 radical (unpaired) electrons. The van der Waals surface area contributed by atoms with E-state index in [0.717, 1.165) is 12.5 Å². The third-order valence-electron chi connectivity index (χ3n) is 2.29. The fourth-order valence-corrected chi connectivity index (χ4v) is 1.99. The van der Waals surface area contributed by atoms with Crippen molar-refractivity contribution in [2.45, 2.75) is 38.4 Å². The number of hydrogen-bond acceptors (Lipinski definition) is 1. The molecule has 2 heteroatoms. The number of rotatable bonds is 6. The fraction of sp³-hybridized carbons (Fsp3) is 1.00. The SMILES string of the molecule is CCC(CC)CN(C)CC(C)Br. The van der Waals surface area contributed by atoms with Gasteiger partial charge >= 0.3 is 0 Å². The fourth-order valence-electron chi connectivity index (χ4n) is 1.49. The summed E-state index contributed by atoms with van der Waals surface area (Å²) in [6.07, 6.45) is 2.61. The van der Waals surface area contributed by atoms with Gasteiger partial charge in [0.1, 0.15) is 0 Å². The second-order valence-corrected chi connectivity index (χ2v) is 5.25. The van der Waals surface area contributed by atoms with Crippen LogP contribution >= 0.6 is 15.9 Å². The molecular weight excluding hydrogens is 214 g/mol. The molecule has 0 aromatic carbocycles. The van der Waals surface area contributed by atoms with Crippen molar-refractivity contribution in [2.24, 2.45) is 5.92 Å². The van der Waals surface area contributed by atoms with Gasteiger partial charge in [-0.3, -0.25) is 0 Å². The Balaban J connectivity index is 3.58. The highest BCUT2D eigenvalue weighted by Gasteiger charge is 2.08. The van der Waals surface area contributed by atoms with E-state index in [1.165, 1.54) is 19.4 Å². The zero-order chi connectivity index (χ0) is 9.56. The summed E-state index contributed by atoms with van der Waals surface area (Å²) in [4.78, 5) is 3.02. The second-order valence-electron chi connectivity index (χ2n) is 3.68. The minimum Gasteiger partial charge on any atom is -0.305 e. The van der Waals surface area contributed by atoms with Crippen LogP contribution in [0.2, 0.25) is 0 Å². The Bertz CT molecular complexity index is 100. The highest BCUT2D eigenvalue weighted by Crippen LogP contribution is 2.10. The van der Waals surface area contributed by atoms with E-state index in [0.29, 0.717) is 4.83 Å². The molecule has 0 aromatic heterocycles. The largest absolute Gasteiger partial charge is 0.305 e. The molecule has 1 atom stereocenters. The van der Waals surface area contributed by atoms with Crippen LogP contribution in [0.1, 0.15) is 33.6 Å². The molecule has 0 heterocycles. The Morgan fingerprint density at radius 1 is 1.17 bits per heavy atom. The van der Waals surface area contributed by atoms with Gasteiger partial charge in [-0.1, -0.05) is 49.5 Å². The lowest BCUT2D eigenvalue weighted by Crippen LogP contribution is -2.29. The third-order valence-corrected chi connectivity index (χ3v) is 2.58. The van der Waals surface area contributed by atoms with Crippen molar-refractivity contribution in [3.8, 4) is 0 Å². The molecule has 12 heavy (non-hydrogen) atoms. The Kier molecular flexibility index (Phi) is 7.16. The van der Waals surface area contributed by atoms with Crippen LogP contribution in [-0.2, 0) is 0 Å². The Morgan fingerprint density at radius 3 is 2.00 bits per heavy atom. The van der Waals surface area contributed by atoms with Crippen molar-refractivity contribution in [3.63, 3.8) is 0 Å². The zero-order valence-corrected chi connectivity index (χ0v) is 10.4. The lowest BCUT2D eigenvalue weighted by Gasteiger charge is -2.23. The van der Waals surface area contributed by atoms with Gasteiger partial charge in [0.2, 0.25) is 0 Å². The standard InChI is InChI=1S/C10H22BrN/c1-5-10(6-2)8-12(4)7-9(3)11/h9-10H,5-8H2,1-4H3. The van der Waals surface area contributed by atoms with Crippen LogP contribution in [0.25, 0.3) is 0 Å². The third kappa shape index (κ3) is 6.01. The molecular formula is C10H22BrN. The molecule has 0 N–H and O–H groups in total. The lowest BCUT2D eigenvalue weighted by atomic mass is 10.0. The number of halogens is 1. The molecule has 0 aliphatic rings. The van der Waals surface area contributed by atoms with Crippen LogP contribution in [0.15, 0.2) is 0 Å². The Morgan fingerprint density at radius 2 is 1.67 bits per heavy atom. The summed E-state index contributed by atoms with van der Waals surface area (Å²) in [6, 6.07) is 0. The summed E-state index contributed by atoms with van der Waals surface area (Å²) in [5, 5.41) is 0. The van der Waals surface area contributed by atoms with E-state index >= 15 is 0 Å². The van der Waals surface area contributed by atoms with Gasteiger partial charge in [-0.05, 0) is 13.0 Å². The van der Waals surface area contributed by atoms with Crippen molar-refractivity contribution in [2.75, 3.05) is 20.1 Å². The van der Waals surface area contributed by atoms with Gasteiger partial charge in [-0.15, -0.1) is 0 Å². The van der Waals surface area contributed by atoms with Crippen molar-refractivity contribution in [3.05, 3.63) is 0 Å². The molecule has 0 saturated heterocycles. The quantitative estimate of drug-likeness (QED) is 0.640. The van der Waals surface area contributed by atoms with E-state index in [2.05, 4.69) is 48.6 Å². The summed E-state index contributed by atoms with van der Waals surface area (Å²) in [5.41, 5.74) is 0. The van der Waals surface area contributed by atoms with Gasteiger partial charge in [0.05, 0.1) is 0 Å². The van der Waals surface area contributed by atoms with E-state index < -0.39 is 0 Å². The van der Waals surface area contributed by atoms with Gasteiger partial charge in [0, 0.05) is 17.9 Å². The van der Waals surface area contributed by atoms with Crippen LogP contribution in [0.3, 0.4) is 0 Å².